The van der Waals surface area contributed by atoms with Gasteiger partial charge in [-0.15, -0.1) is 0 Å². The lowest BCUT2D eigenvalue weighted by molar-refractivity contribution is -0.672. The van der Waals surface area contributed by atoms with Gasteiger partial charge in [0.15, 0.2) is 12.4 Å². The fraction of sp³-hybridized carbons (Fsp3) is 0.583. The van der Waals surface area contributed by atoms with Crippen molar-refractivity contribution in [3.05, 3.63) is 29.6 Å². The second kappa shape index (κ2) is 5.00. The van der Waals surface area contributed by atoms with Gasteiger partial charge in [0.05, 0.1) is 0 Å². The van der Waals surface area contributed by atoms with E-state index < -0.39 is 0 Å². The molecule has 13 heavy (non-hydrogen) atoms. The molecular formula is C12H20N+. The summed E-state index contributed by atoms with van der Waals surface area (Å²) in [6.45, 7) is 4.48. The first kappa shape index (κ1) is 10.2. The fourth-order valence-electron chi connectivity index (χ4n) is 1.69. The van der Waals surface area contributed by atoms with Crippen LogP contribution in [0.5, 0.6) is 0 Å². The van der Waals surface area contributed by atoms with Crippen LogP contribution in [0.4, 0.5) is 0 Å². The van der Waals surface area contributed by atoms with Gasteiger partial charge in [0.2, 0.25) is 0 Å². The second-order valence-corrected chi connectivity index (χ2v) is 3.66. The first-order chi connectivity index (χ1) is 6.27. The van der Waals surface area contributed by atoms with Gasteiger partial charge in [0.1, 0.15) is 7.05 Å². The van der Waals surface area contributed by atoms with E-state index in [1.54, 1.807) is 0 Å². The zero-order valence-electron chi connectivity index (χ0n) is 9.01. The van der Waals surface area contributed by atoms with Gasteiger partial charge in [-0.3, -0.25) is 0 Å². The maximum Gasteiger partial charge on any atom is 0.171 e. The van der Waals surface area contributed by atoms with Crippen molar-refractivity contribution in [1.29, 1.82) is 0 Å². The minimum absolute atomic E-state index is 1.21. The molecule has 0 aliphatic rings. The SMILES string of the molecule is CCCc1cc[n+](C)cc1CCC. The Hall–Kier alpha value is -0.850. The van der Waals surface area contributed by atoms with Gasteiger partial charge in [-0.25, -0.2) is 4.57 Å². The van der Waals surface area contributed by atoms with Gasteiger partial charge in [0.25, 0.3) is 0 Å². The summed E-state index contributed by atoms with van der Waals surface area (Å²) in [5.74, 6) is 0. The first-order valence-electron chi connectivity index (χ1n) is 5.25. The molecule has 1 heterocycles. The van der Waals surface area contributed by atoms with Crippen LogP contribution in [0.15, 0.2) is 18.5 Å². The van der Waals surface area contributed by atoms with Crippen molar-refractivity contribution in [3.63, 3.8) is 0 Å². The molecule has 0 bridgehead atoms. The van der Waals surface area contributed by atoms with Crippen LogP contribution >= 0.6 is 0 Å². The smallest absolute Gasteiger partial charge is 0.171 e. The van der Waals surface area contributed by atoms with Crippen LogP contribution in [0.25, 0.3) is 0 Å². The second-order valence-electron chi connectivity index (χ2n) is 3.66. The van der Waals surface area contributed by atoms with Crippen molar-refractivity contribution in [2.45, 2.75) is 39.5 Å². The number of aromatic nitrogens is 1. The summed E-state index contributed by atoms with van der Waals surface area (Å²) in [5, 5.41) is 0. The number of pyridine rings is 1. The summed E-state index contributed by atoms with van der Waals surface area (Å²) in [6.07, 6.45) is 9.31. The highest BCUT2D eigenvalue weighted by molar-refractivity contribution is 5.21. The molecule has 1 aromatic rings. The van der Waals surface area contributed by atoms with E-state index in [0.29, 0.717) is 0 Å². The van der Waals surface area contributed by atoms with Crippen molar-refractivity contribution in [1.82, 2.24) is 0 Å². The van der Waals surface area contributed by atoms with E-state index in [9.17, 15) is 0 Å². The highest BCUT2D eigenvalue weighted by Gasteiger charge is 2.04. The molecular weight excluding hydrogens is 158 g/mol. The maximum atomic E-state index is 2.26. The largest absolute Gasteiger partial charge is 0.208 e. The van der Waals surface area contributed by atoms with Crippen molar-refractivity contribution < 1.29 is 4.57 Å². The Morgan fingerprint density at radius 3 is 2.31 bits per heavy atom. The summed E-state index contributed by atoms with van der Waals surface area (Å²) in [5.41, 5.74) is 3.05. The number of hydrogen-bond donors (Lipinski definition) is 0. The molecule has 72 valence electrons. The van der Waals surface area contributed by atoms with E-state index in [-0.39, 0.29) is 0 Å². The molecule has 0 fully saturated rings. The van der Waals surface area contributed by atoms with Crippen LogP contribution < -0.4 is 4.57 Å². The molecule has 0 radical (unpaired) electrons. The molecule has 1 aromatic heterocycles. The molecule has 1 nitrogen and oxygen atoms in total. The molecule has 0 N–H and O–H groups in total. The van der Waals surface area contributed by atoms with Crippen LogP contribution in [-0.2, 0) is 19.9 Å². The van der Waals surface area contributed by atoms with E-state index in [2.05, 4.69) is 43.9 Å². The molecule has 0 spiro atoms. The monoisotopic (exact) mass is 178 g/mol. The maximum absolute atomic E-state index is 2.26. The summed E-state index contributed by atoms with van der Waals surface area (Å²) in [4.78, 5) is 0. The molecule has 0 amide bonds. The zero-order chi connectivity index (χ0) is 9.68. The lowest BCUT2D eigenvalue weighted by Gasteiger charge is -2.04. The Balaban J connectivity index is 2.89. The van der Waals surface area contributed by atoms with E-state index in [0.717, 1.165) is 0 Å². The summed E-state index contributed by atoms with van der Waals surface area (Å²) >= 11 is 0. The van der Waals surface area contributed by atoms with E-state index in [4.69, 9.17) is 0 Å². The molecule has 0 aromatic carbocycles. The quantitative estimate of drug-likeness (QED) is 0.623. The minimum Gasteiger partial charge on any atom is -0.208 e. The van der Waals surface area contributed by atoms with Crippen LogP contribution in [-0.4, -0.2) is 0 Å². The van der Waals surface area contributed by atoms with Crippen LogP contribution in [0, 0.1) is 0 Å². The highest BCUT2D eigenvalue weighted by Crippen LogP contribution is 2.10. The normalized spacial score (nSPS) is 10.4. The molecule has 1 heteroatoms. The molecule has 0 saturated heterocycles. The Morgan fingerprint density at radius 1 is 1.08 bits per heavy atom. The number of hydrogen-bond acceptors (Lipinski definition) is 0. The molecule has 0 saturated carbocycles. The molecule has 1 rings (SSSR count). The average molecular weight is 178 g/mol. The van der Waals surface area contributed by atoms with E-state index >= 15 is 0 Å². The summed E-state index contributed by atoms with van der Waals surface area (Å²) in [7, 11) is 2.09. The van der Waals surface area contributed by atoms with E-state index in [1.165, 1.54) is 36.8 Å². The Kier molecular flexibility index (Phi) is 3.94. The van der Waals surface area contributed by atoms with Gasteiger partial charge in [-0.2, -0.15) is 0 Å². The minimum atomic E-state index is 1.21. The molecule has 0 aliphatic heterocycles. The third-order valence-electron chi connectivity index (χ3n) is 2.32. The standard InChI is InChI=1S/C12H20N/c1-4-6-11-8-9-13(3)10-12(11)7-5-2/h8-10H,4-7H2,1-3H3/q+1. The predicted octanol–water partition coefficient (Wildman–Crippen LogP) is 2.42. The topological polar surface area (TPSA) is 3.88 Å². The van der Waals surface area contributed by atoms with Crippen LogP contribution in [0.1, 0.15) is 37.8 Å². The van der Waals surface area contributed by atoms with Gasteiger partial charge < -0.3 is 0 Å². The van der Waals surface area contributed by atoms with Gasteiger partial charge in [-0.05, 0) is 18.4 Å². The number of nitrogens with zero attached hydrogens (tertiary/aromatic N) is 1. The number of aryl methyl sites for hydroxylation is 3. The molecule has 0 unspecified atom stereocenters. The first-order valence-corrected chi connectivity index (χ1v) is 5.25. The Bertz CT molecular complexity index is 266. The van der Waals surface area contributed by atoms with Crippen LogP contribution in [0.2, 0.25) is 0 Å². The zero-order valence-corrected chi connectivity index (χ0v) is 9.01. The third-order valence-corrected chi connectivity index (χ3v) is 2.32. The van der Waals surface area contributed by atoms with Crippen LogP contribution in [0.3, 0.4) is 0 Å². The van der Waals surface area contributed by atoms with Gasteiger partial charge in [-0.1, -0.05) is 26.7 Å². The lowest BCUT2D eigenvalue weighted by atomic mass is 10.0. The summed E-state index contributed by atoms with van der Waals surface area (Å²) in [6, 6.07) is 2.26. The average Bonchev–Trinajstić information content (AvgIpc) is 2.10. The van der Waals surface area contributed by atoms with Gasteiger partial charge >= 0.3 is 0 Å². The van der Waals surface area contributed by atoms with Crippen molar-refractivity contribution >= 4 is 0 Å². The predicted molar refractivity (Wildman–Crippen MR) is 55.6 cm³/mol. The van der Waals surface area contributed by atoms with Crippen molar-refractivity contribution in [2.75, 3.05) is 0 Å². The Morgan fingerprint density at radius 2 is 1.69 bits per heavy atom. The van der Waals surface area contributed by atoms with Crippen molar-refractivity contribution in [3.8, 4) is 0 Å². The molecule has 0 aliphatic carbocycles. The third kappa shape index (κ3) is 2.83. The lowest BCUT2D eigenvalue weighted by Crippen LogP contribution is -2.27. The summed E-state index contributed by atoms with van der Waals surface area (Å²) < 4.78 is 2.14. The molecule has 0 atom stereocenters. The van der Waals surface area contributed by atoms with Gasteiger partial charge in [0, 0.05) is 11.6 Å². The Labute approximate surface area is 81.4 Å². The highest BCUT2D eigenvalue weighted by atomic mass is 14.9. The fourth-order valence-corrected chi connectivity index (χ4v) is 1.69. The number of rotatable bonds is 4. The van der Waals surface area contributed by atoms with E-state index in [1.807, 2.05) is 0 Å². The van der Waals surface area contributed by atoms with Crippen molar-refractivity contribution in [2.24, 2.45) is 7.05 Å².